The molecule has 2 aliphatic rings. The lowest BCUT2D eigenvalue weighted by molar-refractivity contribution is -0.132. The first-order chi connectivity index (χ1) is 13.2. The molecule has 2 aromatic carbocycles. The second-order valence-corrected chi connectivity index (χ2v) is 7.30. The van der Waals surface area contributed by atoms with Gasteiger partial charge in [0.1, 0.15) is 18.9 Å². The highest BCUT2D eigenvalue weighted by atomic mass is 16.5. The maximum Gasteiger partial charge on any atom is 0.244 e. The average molecular weight is 359 g/mol. The van der Waals surface area contributed by atoms with Crippen LogP contribution >= 0.6 is 0 Å². The van der Waals surface area contributed by atoms with Crippen molar-refractivity contribution in [3.05, 3.63) is 70.9 Å². The van der Waals surface area contributed by atoms with E-state index >= 15 is 0 Å². The van der Waals surface area contributed by atoms with Crippen LogP contribution in [-0.2, 0) is 30.9 Å². The van der Waals surface area contributed by atoms with Gasteiger partial charge in [-0.1, -0.05) is 35.9 Å². The van der Waals surface area contributed by atoms with Crippen molar-refractivity contribution in [1.82, 2.24) is 14.7 Å². The molecule has 0 spiro atoms. The van der Waals surface area contributed by atoms with Crippen LogP contribution in [0.3, 0.4) is 0 Å². The largest absolute Gasteiger partial charge is 0.488 e. The monoisotopic (exact) mass is 359 g/mol. The Kier molecular flexibility index (Phi) is 3.74. The van der Waals surface area contributed by atoms with E-state index in [1.165, 1.54) is 11.1 Å². The van der Waals surface area contributed by atoms with Crippen LogP contribution in [0.4, 0.5) is 0 Å². The summed E-state index contributed by atoms with van der Waals surface area (Å²) >= 11 is 0. The van der Waals surface area contributed by atoms with Crippen molar-refractivity contribution in [2.75, 3.05) is 6.54 Å². The zero-order valence-corrected chi connectivity index (χ0v) is 15.3. The molecule has 27 heavy (non-hydrogen) atoms. The molecule has 0 saturated carbocycles. The normalized spacial score (nSPS) is 14.8. The number of fused-ring (bicyclic) bond motifs is 4. The summed E-state index contributed by atoms with van der Waals surface area (Å²) in [6, 6.07) is 14.5. The number of aryl methyl sites for hydroxylation is 1. The number of ether oxygens (including phenoxy) is 1. The summed E-state index contributed by atoms with van der Waals surface area (Å²) in [7, 11) is 0. The zero-order chi connectivity index (χ0) is 18.4. The number of amides is 1. The number of nitrogens with zero attached hydrogens (tertiary/aromatic N) is 3. The molecule has 0 fully saturated rings. The van der Waals surface area contributed by atoms with E-state index in [1.807, 2.05) is 34.0 Å². The molecule has 2 aliphatic heterocycles. The third kappa shape index (κ3) is 2.79. The van der Waals surface area contributed by atoms with Crippen molar-refractivity contribution in [3.63, 3.8) is 0 Å². The Morgan fingerprint density at radius 3 is 2.89 bits per heavy atom. The summed E-state index contributed by atoms with van der Waals surface area (Å²) < 4.78 is 7.66. The Morgan fingerprint density at radius 2 is 2.00 bits per heavy atom. The maximum absolute atomic E-state index is 13.0. The number of benzene rings is 2. The molecule has 5 heteroatoms. The Bertz CT molecular complexity index is 1040. The lowest BCUT2D eigenvalue weighted by Gasteiger charge is -2.29. The van der Waals surface area contributed by atoms with Gasteiger partial charge in [-0.15, -0.1) is 0 Å². The van der Waals surface area contributed by atoms with E-state index in [0.717, 1.165) is 41.1 Å². The lowest BCUT2D eigenvalue weighted by atomic mass is 10.00. The minimum absolute atomic E-state index is 0.107. The third-order valence-corrected chi connectivity index (χ3v) is 5.46. The van der Waals surface area contributed by atoms with Crippen LogP contribution in [0.25, 0.3) is 11.3 Å². The van der Waals surface area contributed by atoms with Crippen LogP contribution in [-0.4, -0.2) is 27.1 Å². The van der Waals surface area contributed by atoms with E-state index in [1.54, 1.807) is 0 Å². The fourth-order valence-corrected chi connectivity index (χ4v) is 4.01. The second-order valence-electron chi connectivity index (χ2n) is 7.30. The summed E-state index contributed by atoms with van der Waals surface area (Å²) in [5.74, 6) is 0.963. The molecule has 5 nitrogen and oxygen atoms in total. The van der Waals surface area contributed by atoms with Gasteiger partial charge in [0.15, 0.2) is 0 Å². The first-order valence-electron chi connectivity index (χ1n) is 9.32. The van der Waals surface area contributed by atoms with Gasteiger partial charge in [0.2, 0.25) is 5.91 Å². The van der Waals surface area contributed by atoms with E-state index in [2.05, 4.69) is 36.3 Å². The highest BCUT2D eigenvalue weighted by Gasteiger charge is 2.26. The molecule has 3 heterocycles. The van der Waals surface area contributed by atoms with Crippen LogP contribution in [0, 0.1) is 6.92 Å². The minimum atomic E-state index is 0.107. The van der Waals surface area contributed by atoms with Crippen LogP contribution < -0.4 is 4.74 Å². The van der Waals surface area contributed by atoms with Gasteiger partial charge < -0.3 is 9.64 Å². The molecule has 0 atom stereocenters. The summed E-state index contributed by atoms with van der Waals surface area (Å²) in [5.41, 5.74) is 6.81. The van der Waals surface area contributed by atoms with Gasteiger partial charge in [0, 0.05) is 24.2 Å². The number of carbonyl (C=O) groups excluding carboxylic acids is 1. The van der Waals surface area contributed by atoms with Crippen molar-refractivity contribution >= 4 is 5.91 Å². The predicted octanol–water partition coefficient (Wildman–Crippen LogP) is 3.34. The van der Waals surface area contributed by atoms with Gasteiger partial charge in [-0.3, -0.25) is 9.48 Å². The van der Waals surface area contributed by atoms with Gasteiger partial charge in [0.25, 0.3) is 0 Å². The van der Waals surface area contributed by atoms with Gasteiger partial charge in [-0.05, 0) is 36.6 Å². The number of rotatable bonds is 2. The highest BCUT2D eigenvalue weighted by molar-refractivity contribution is 5.79. The molecular formula is C22H21N3O2. The molecular weight excluding hydrogens is 338 g/mol. The summed E-state index contributed by atoms with van der Waals surface area (Å²) in [6.45, 7) is 4.25. The number of carbonyl (C=O) groups is 1. The molecule has 0 saturated heterocycles. The molecule has 136 valence electrons. The zero-order valence-electron chi connectivity index (χ0n) is 15.3. The molecule has 5 rings (SSSR count). The van der Waals surface area contributed by atoms with Crippen molar-refractivity contribution in [1.29, 1.82) is 0 Å². The summed E-state index contributed by atoms with van der Waals surface area (Å²) in [5, 5.41) is 4.49. The third-order valence-electron chi connectivity index (χ3n) is 5.46. The van der Waals surface area contributed by atoms with E-state index in [0.29, 0.717) is 13.2 Å². The van der Waals surface area contributed by atoms with Gasteiger partial charge >= 0.3 is 0 Å². The smallest absolute Gasteiger partial charge is 0.244 e. The Hall–Kier alpha value is -3.08. The first kappa shape index (κ1) is 16.1. The molecule has 0 N–H and O–H groups in total. The van der Waals surface area contributed by atoms with Crippen LogP contribution in [0.15, 0.2) is 48.7 Å². The molecule has 1 aromatic heterocycles. The van der Waals surface area contributed by atoms with E-state index in [9.17, 15) is 4.79 Å². The Morgan fingerprint density at radius 1 is 1.15 bits per heavy atom. The van der Waals surface area contributed by atoms with Crippen molar-refractivity contribution in [2.45, 2.75) is 33.0 Å². The average Bonchev–Trinajstić information content (AvgIpc) is 3.10. The first-order valence-corrected chi connectivity index (χ1v) is 9.32. The predicted molar refractivity (Wildman–Crippen MR) is 102 cm³/mol. The minimum Gasteiger partial charge on any atom is -0.488 e. The number of aromatic nitrogens is 2. The Labute approximate surface area is 158 Å². The molecule has 3 aromatic rings. The fraction of sp³-hybridized carbons (Fsp3) is 0.273. The van der Waals surface area contributed by atoms with Crippen molar-refractivity contribution < 1.29 is 9.53 Å². The van der Waals surface area contributed by atoms with Crippen molar-refractivity contribution in [3.8, 4) is 17.0 Å². The van der Waals surface area contributed by atoms with Crippen molar-refractivity contribution in [2.24, 2.45) is 0 Å². The summed E-state index contributed by atoms with van der Waals surface area (Å²) in [6.07, 6.45) is 2.73. The van der Waals surface area contributed by atoms with Crippen LogP contribution in [0.2, 0.25) is 0 Å². The maximum atomic E-state index is 13.0. The second kappa shape index (κ2) is 6.27. The van der Waals surface area contributed by atoms with E-state index in [4.69, 9.17) is 4.74 Å². The topological polar surface area (TPSA) is 47.4 Å². The van der Waals surface area contributed by atoms with Crippen LogP contribution in [0.5, 0.6) is 5.75 Å². The van der Waals surface area contributed by atoms with E-state index in [-0.39, 0.29) is 12.5 Å². The SMILES string of the molecule is Cc1ccc2c(c1)-c1c(cnn1CC(=O)N1CCc3ccccc3C1)CO2. The number of hydrogen-bond acceptors (Lipinski definition) is 3. The standard InChI is InChI=1S/C22H21N3O2/c1-15-6-7-20-19(10-15)22-18(14-27-20)11-23-25(22)13-21(26)24-9-8-16-4-2-3-5-17(16)12-24/h2-7,10-11H,8-9,12-14H2,1H3. The quantitative estimate of drug-likeness (QED) is 0.705. The molecule has 0 bridgehead atoms. The molecule has 0 unspecified atom stereocenters. The Balaban J connectivity index is 1.42. The molecule has 1 amide bonds. The highest BCUT2D eigenvalue weighted by Crippen LogP contribution is 2.38. The van der Waals surface area contributed by atoms with Gasteiger partial charge in [0.05, 0.1) is 11.9 Å². The van der Waals surface area contributed by atoms with Gasteiger partial charge in [-0.2, -0.15) is 5.10 Å². The fourth-order valence-electron chi connectivity index (χ4n) is 4.01. The van der Waals surface area contributed by atoms with E-state index < -0.39 is 0 Å². The number of hydrogen-bond donors (Lipinski definition) is 0. The lowest BCUT2D eigenvalue weighted by Crippen LogP contribution is -2.38. The molecule has 0 aliphatic carbocycles. The molecule has 0 radical (unpaired) electrons. The van der Waals surface area contributed by atoms with Crippen LogP contribution in [0.1, 0.15) is 22.3 Å². The van der Waals surface area contributed by atoms with Gasteiger partial charge in [-0.25, -0.2) is 0 Å². The summed E-state index contributed by atoms with van der Waals surface area (Å²) in [4.78, 5) is 14.9.